The Labute approximate surface area is 85.6 Å². The number of piperidine rings is 1. The molecule has 4 N–H and O–H groups in total. The zero-order chi connectivity index (χ0) is 10.8. The van der Waals surface area contributed by atoms with E-state index in [1.807, 2.05) is 18.7 Å². The van der Waals surface area contributed by atoms with E-state index in [0.29, 0.717) is 6.54 Å². The van der Waals surface area contributed by atoms with Crippen LogP contribution in [0.2, 0.25) is 0 Å². The van der Waals surface area contributed by atoms with Gasteiger partial charge in [0.25, 0.3) is 0 Å². The minimum Gasteiger partial charge on any atom is -0.342 e. The molecule has 4 nitrogen and oxygen atoms in total. The summed E-state index contributed by atoms with van der Waals surface area (Å²) in [6.45, 7) is 5.75. The van der Waals surface area contributed by atoms with Gasteiger partial charge in [-0.1, -0.05) is 0 Å². The highest BCUT2D eigenvalue weighted by Gasteiger charge is 2.32. The maximum absolute atomic E-state index is 12.0. The second-order valence-electron chi connectivity index (χ2n) is 4.72. The van der Waals surface area contributed by atoms with Crippen LogP contribution in [0.3, 0.4) is 0 Å². The summed E-state index contributed by atoms with van der Waals surface area (Å²) >= 11 is 0. The average Bonchev–Trinajstić information content (AvgIpc) is 2.18. The monoisotopic (exact) mass is 199 g/mol. The fourth-order valence-electron chi connectivity index (χ4n) is 1.62. The Kier molecular flexibility index (Phi) is 3.50. The van der Waals surface area contributed by atoms with E-state index in [4.69, 9.17) is 11.5 Å². The van der Waals surface area contributed by atoms with Crippen molar-refractivity contribution in [3.63, 3.8) is 0 Å². The molecule has 82 valence electrons. The van der Waals surface area contributed by atoms with Gasteiger partial charge < -0.3 is 16.4 Å². The maximum Gasteiger partial charge on any atom is 0.229 e. The van der Waals surface area contributed by atoms with Gasteiger partial charge in [0.1, 0.15) is 0 Å². The second kappa shape index (κ2) is 4.28. The van der Waals surface area contributed by atoms with Gasteiger partial charge in [0.2, 0.25) is 5.91 Å². The van der Waals surface area contributed by atoms with Crippen molar-refractivity contribution in [3.05, 3.63) is 0 Å². The lowest BCUT2D eigenvalue weighted by molar-refractivity contribution is -0.140. The highest BCUT2D eigenvalue weighted by Crippen LogP contribution is 2.20. The van der Waals surface area contributed by atoms with Crippen molar-refractivity contribution in [1.29, 1.82) is 0 Å². The molecule has 1 aliphatic rings. The van der Waals surface area contributed by atoms with Gasteiger partial charge in [0.05, 0.1) is 5.41 Å². The highest BCUT2D eigenvalue weighted by atomic mass is 16.2. The zero-order valence-corrected chi connectivity index (χ0v) is 9.12. The molecule has 0 spiro atoms. The third-order valence-electron chi connectivity index (χ3n) is 2.92. The van der Waals surface area contributed by atoms with E-state index in [9.17, 15) is 4.79 Å². The number of hydrogen-bond acceptors (Lipinski definition) is 3. The second-order valence-corrected chi connectivity index (χ2v) is 4.72. The van der Waals surface area contributed by atoms with E-state index < -0.39 is 5.41 Å². The smallest absolute Gasteiger partial charge is 0.229 e. The first-order valence-corrected chi connectivity index (χ1v) is 5.22. The fraction of sp³-hybridized carbons (Fsp3) is 0.900. The number of hydrogen-bond donors (Lipinski definition) is 2. The molecule has 1 saturated heterocycles. The van der Waals surface area contributed by atoms with Crippen LogP contribution >= 0.6 is 0 Å². The Morgan fingerprint density at radius 2 is 1.93 bits per heavy atom. The van der Waals surface area contributed by atoms with Crippen LogP contribution in [0.1, 0.15) is 26.7 Å². The number of carbonyl (C=O) groups excluding carboxylic acids is 1. The van der Waals surface area contributed by atoms with Crippen LogP contribution in [0, 0.1) is 5.41 Å². The van der Waals surface area contributed by atoms with Crippen LogP contribution in [-0.4, -0.2) is 36.5 Å². The predicted octanol–water partition coefficient (Wildman–Crippen LogP) is -0.0790. The van der Waals surface area contributed by atoms with E-state index in [1.165, 1.54) is 0 Å². The molecule has 0 aromatic rings. The van der Waals surface area contributed by atoms with Gasteiger partial charge in [-0.05, 0) is 26.7 Å². The van der Waals surface area contributed by atoms with Crippen molar-refractivity contribution in [2.24, 2.45) is 16.9 Å². The third-order valence-corrected chi connectivity index (χ3v) is 2.92. The topological polar surface area (TPSA) is 72.4 Å². The van der Waals surface area contributed by atoms with Gasteiger partial charge in [-0.25, -0.2) is 0 Å². The molecule has 0 bridgehead atoms. The number of nitrogens with zero attached hydrogens (tertiary/aromatic N) is 1. The molecule has 0 radical (unpaired) electrons. The molecule has 1 rings (SSSR count). The first-order valence-electron chi connectivity index (χ1n) is 5.22. The normalized spacial score (nSPS) is 19.9. The minimum absolute atomic E-state index is 0.159. The zero-order valence-electron chi connectivity index (χ0n) is 9.12. The first kappa shape index (κ1) is 11.5. The summed E-state index contributed by atoms with van der Waals surface area (Å²) < 4.78 is 0. The Bertz CT molecular complexity index is 207. The molecule has 0 aromatic heterocycles. The van der Waals surface area contributed by atoms with Gasteiger partial charge >= 0.3 is 0 Å². The first-order chi connectivity index (χ1) is 6.47. The van der Waals surface area contributed by atoms with Gasteiger partial charge in [0.15, 0.2) is 0 Å². The molecule has 0 unspecified atom stereocenters. The quantitative estimate of drug-likeness (QED) is 0.653. The molecule has 0 aromatic carbocycles. The predicted molar refractivity (Wildman–Crippen MR) is 56.6 cm³/mol. The van der Waals surface area contributed by atoms with Crippen LogP contribution in [0.15, 0.2) is 0 Å². The Morgan fingerprint density at radius 3 is 2.36 bits per heavy atom. The lowest BCUT2D eigenvalue weighted by Crippen LogP contribution is -2.49. The fourth-order valence-corrected chi connectivity index (χ4v) is 1.62. The third kappa shape index (κ3) is 2.45. The van der Waals surface area contributed by atoms with E-state index in [2.05, 4.69) is 0 Å². The van der Waals surface area contributed by atoms with Crippen molar-refractivity contribution in [1.82, 2.24) is 4.90 Å². The Morgan fingerprint density at radius 1 is 1.43 bits per heavy atom. The largest absolute Gasteiger partial charge is 0.342 e. The van der Waals surface area contributed by atoms with Crippen LogP contribution in [0.4, 0.5) is 0 Å². The number of likely N-dealkylation sites (tertiary alicyclic amines) is 1. The van der Waals surface area contributed by atoms with Crippen LogP contribution in [0.25, 0.3) is 0 Å². The molecular formula is C10H21N3O. The summed E-state index contributed by atoms with van der Waals surface area (Å²) in [5.41, 5.74) is 10.9. The van der Waals surface area contributed by atoms with E-state index >= 15 is 0 Å². The SMILES string of the molecule is CC(C)(CN)C(=O)N1CCC(N)CC1. The maximum atomic E-state index is 12.0. The standard InChI is InChI=1S/C10H21N3O/c1-10(2,7-11)9(14)13-5-3-8(12)4-6-13/h8H,3-7,11-12H2,1-2H3. The van der Waals surface area contributed by atoms with E-state index in [0.717, 1.165) is 25.9 Å². The van der Waals surface area contributed by atoms with Crippen LogP contribution in [-0.2, 0) is 4.79 Å². The van der Waals surface area contributed by atoms with Gasteiger partial charge in [-0.3, -0.25) is 4.79 Å². The molecule has 14 heavy (non-hydrogen) atoms. The molecule has 0 atom stereocenters. The van der Waals surface area contributed by atoms with E-state index in [-0.39, 0.29) is 11.9 Å². The van der Waals surface area contributed by atoms with Gasteiger partial charge in [-0.15, -0.1) is 0 Å². The molecule has 1 heterocycles. The molecule has 1 fully saturated rings. The lowest BCUT2D eigenvalue weighted by atomic mass is 9.90. The summed E-state index contributed by atoms with van der Waals surface area (Å²) in [5, 5.41) is 0. The van der Waals surface area contributed by atoms with Gasteiger partial charge in [0, 0.05) is 25.7 Å². The molecule has 4 heteroatoms. The van der Waals surface area contributed by atoms with Crippen LogP contribution < -0.4 is 11.5 Å². The van der Waals surface area contributed by atoms with E-state index in [1.54, 1.807) is 0 Å². The molecular weight excluding hydrogens is 178 g/mol. The number of amides is 1. The van der Waals surface area contributed by atoms with Crippen molar-refractivity contribution >= 4 is 5.91 Å². The summed E-state index contributed by atoms with van der Waals surface area (Å²) in [6.07, 6.45) is 1.82. The molecule has 1 aliphatic heterocycles. The Hall–Kier alpha value is -0.610. The number of rotatable bonds is 2. The summed E-state index contributed by atoms with van der Waals surface area (Å²) in [7, 11) is 0. The lowest BCUT2D eigenvalue weighted by Gasteiger charge is -2.35. The summed E-state index contributed by atoms with van der Waals surface area (Å²) in [4.78, 5) is 13.8. The van der Waals surface area contributed by atoms with Crippen molar-refractivity contribution in [2.45, 2.75) is 32.7 Å². The minimum atomic E-state index is -0.429. The Balaban J connectivity index is 2.54. The van der Waals surface area contributed by atoms with Crippen molar-refractivity contribution in [2.75, 3.05) is 19.6 Å². The molecule has 0 saturated carbocycles. The highest BCUT2D eigenvalue weighted by molar-refractivity contribution is 5.82. The van der Waals surface area contributed by atoms with Crippen molar-refractivity contribution in [3.8, 4) is 0 Å². The molecule has 1 amide bonds. The number of carbonyl (C=O) groups is 1. The average molecular weight is 199 g/mol. The number of nitrogens with two attached hydrogens (primary N) is 2. The van der Waals surface area contributed by atoms with Crippen LogP contribution in [0.5, 0.6) is 0 Å². The van der Waals surface area contributed by atoms with Gasteiger partial charge in [-0.2, -0.15) is 0 Å². The van der Waals surface area contributed by atoms with Crippen molar-refractivity contribution < 1.29 is 4.79 Å². The summed E-state index contributed by atoms with van der Waals surface area (Å²) in [5.74, 6) is 0.159. The summed E-state index contributed by atoms with van der Waals surface area (Å²) in [6, 6.07) is 0.264. The molecule has 0 aliphatic carbocycles.